The van der Waals surface area contributed by atoms with Crippen molar-refractivity contribution >= 4 is 6.03 Å². The van der Waals surface area contributed by atoms with E-state index in [0.29, 0.717) is 0 Å². The molecule has 78 valence electrons. The SMILES string of the molecule is COC(OC)C(C)NC(=O)N(C)C. The van der Waals surface area contributed by atoms with E-state index in [0.717, 1.165) is 0 Å². The summed E-state index contributed by atoms with van der Waals surface area (Å²) in [5.41, 5.74) is 0. The number of nitrogens with zero attached hydrogens (tertiary/aromatic N) is 1. The zero-order valence-electron chi connectivity index (χ0n) is 8.83. The summed E-state index contributed by atoms with van der Waals surface area (Å²) in [6.07, 6.45) is -0.413. The summed E-state index contributed by atoms with van der Waals surface area (Å²) >= 11 is 0. The Kier molecular flexibility index (Phi) is 5.41. The van der Waals surface area contributed by atoms with Crippen molar-refractivity contribution in [2.24, 2.45) is 0 Å². The van der Waals surface area contributed by atoms with E-state index in [2.05, 4.69) is 5.32 Å². The minimum Gasteiger partial charge on any atom is -0.354 e. The van der Waals surface area contributed by atoms with E-state index in [-0.39, 0.29) is 12.1 Å². The molecule has 0 saturated carbocycles. The van der Waals surface area contributed by atoms with Crippen molar-refractivity contribution in [3.63, 3.8) is 0 Å². The number of nitrogens with one attached hydrogen (secondary N) is 1. The van der Waals surface area contributed by atoms with Gasteiger partial charge in [0.05, 0.1) is 6.04 Å². The van der Waals surface area contributed by atoms with Gasteiger partial charge < -0.3 is 19.7 Å². The lowest BCUT2D eigenvalue weighted by atomic mass is 10.3. The summed E-state index contributed by atoms with van der Waals surface area (Å²) in [7, 11) is 6.42. The van der Waals surface area contributed by atoms with Crippen LogP contribution in [0.5, 0.6) is 0 Å². The molecule has 0 rings (SSSR count). The molecule has 0 bridgehead atoms. The zero-order chi connectivity index (χ0) is 10.4. The lowest BCUT2D eigenvalue weighted by Gasteiger charge is -2.23. The smallest absolute Gasteiger partial charge is 0.317 e. The molecule has 0 aromatic heterocycles. The van der Waals surface area contributed by atoms with Crippen molar-refractivity contribution < 1.29 is 14.3 Å². The maximum absolute atomic E-state index is 11.2. The molecule has 1 N–H and O–H groups in total. The summed E-state index contributed by atoms with van der Waals surface area (Å²) in [6.45, 7) is 1.82. The number of hydrogen-bond donors (Lipinski definition) is 1. The van der Waals surface area contributed by atoms with E-state index in [9.17, 15) is 4.79 Å². The van der Waals surface area contributed by atoms with Crippen LogP contribution in [0.4, 0.5) is 4.79 Å². The first kappa shape index (κ1) is 12.2. The van der Waals surface area contributed by atoms with Crippen LogP contribution >= 0.6 is 0 Å². The van der Waals surface area contributed by atoms with Crippen LogP contribution in [0.1, 0.15) is 6.92 Å². The minimum atomic E-state index is -0.413. The Balaban J connectivity index is 3.97. The summed E-state index contributed by atoms with van der Waals surface area (Å²) in [5.74, 6) is 0. The van der Waals surface area contributed by atoms with Crippen molar-refractivity contribution in [1.29, 1.82) is 0 Å². The van der Waals surface area contributed by atoms with Crippen molar-refractivity contribution in [2.75, 3.05) is 28.3 Å². The lowest BCUT2D eigenvalue weighted by molar-refractivity contribution is -0.117. The second kappa shape index (κ2) is 5.77. The molecule has 1 atom stereocenters. The van der Waals surface area contributed by atoms with Crippen LogP contribution < -0.4 is 5.32 Å². The Morgan fingerprint density at radius 2 is 1.77 bits per heavy atom. The molecule has 0 aliphatic rings. The highest BCUT2D eigenvalue weighted by molar-refractivity contribution is 5.73. The molecule has 0 fully saturated rings. The van der Waals surface area contributed by atoms with Gasteiger partial charge in [0.15, 0.2) is 6.29 Å². The third-order valence-electron chi connectivity index (χ3n) is 1.63. The topological polar surface area (TPSA) is 50.8 Å². The highest BCUT2D eigenvalue weighted by Crippen LogP contribution is 1.98. The standard InChI is InChI=1S/C8H18N2O3/c1-6(7(12-4)13-5)9-8(11)10(2)3/h6-7H,1-5H3,(H,9,11). The number of amides is 2. The first-order valence-electron chi connectivity index (χ1n) is 4.06. The zero-order valence-corrected chi connectivity index (χ0v) is 8.83. The normalized spacial score (nSPS) is 12.8. The number of urea groups is 1. The third-order valence-corrected chi connectivity index (χ3v) is 1.63. The molecule has 13 heavy (non-hydrogen) atoms. The van der Waals surface area contributed by atoms with E-state index in [1.54, 1.807) is 14.1 Å². The highest BCUT2D eigenvalue weighted by atomic mass is 16.7. The predicted molar refractivity (Wildman–Crippen MR) is 49.5 cm³/mol. The van der Waals surface area contributed by atoms with Crippen molar-refractivity contribution in [3.8, 4) is 0 Å². The number of ether oxygens (including phenoxy) is 2. The van der Waals surface area contributed by atoms with Crippen molar-refractivity contribution in [3.05, 3.63) is 0 Å². The van der Waals surface area contributed by atoms with Crippen LogP contribution in [0.3, 0.4) is 0 Å². The fourth-order valence-corrected chi connectivity index (χ4v) is 0.896. The molecule has 0 saturated heterocycles. The fourth-order valence-electron chi connectivity index (χ4n) is 0.896. The number of rotatable bonds is 4. The van der Waals surface area contributed by atoms with E-state index >= 15 is 0 Å². The number of carbonyl (C=O) groups excluding carboxylic acids is 1. The minimum absolute atomic E-state index is 0.161. The Bertz CT molecular complexity index is 157. The van der Waals surface area contributed by atoms with Crippen LogP contribution in [0.15, 0.2) is 0 Å². The third kappa shape index (κ3) is 4.10. The maximum atomic E-state index is 11.2. The van der Waals surface area contributed by atoms with Crippen molar-refractivity contribution in [1.82, 2.24) is 10.2 Å². The molecule has 5 heteroatoms. The molecule has 0 aromatic carbocycles. The number of hydrogen-bond acceptors (Lipinski definition) is 3. The molecule has 0 radical (unpaired) electrons. The molecule has 1 unspecified atom stereocenters. The van der Waals surface area contributed by atoms with Gasteiger partial charge in [0.2, 0.25) is 0 Å². The van der Waals surface area contributed by atoms with Gasteiger partial charge in [0, 0.05) is 28.3 Å². The van der Waals surface area contributed by atoms with Gasteiger partial charge in [-0.25, -0.2) is 4.79 Å². The average molecular weight is 190 g/mol. The molecule has 0 aliphatic carbocycles. The first-order chi connectivity index (χ1) is 6.02. The van der Waals surface area contributed by atoms with E-state index < -0.39 is 6.29 Å². The first-order valence-corrected chi connectivity index (χ1v) is 4.06. The largest absolute Gasteiger partial charge is 0.354 e. The molecule has 2 amide bonds. The second-order valence-corrected chi connectivity index (χ2v) is 2.97. The van der Waals surface area contributed by atoms with Gasteiger partial charge in [0.1, 0.15) is 0 Å². The van der Waals surface area contributed by atoms with E-state index in [1.165, 1.54) is 19.1 Å². The molecule has 0 spiro atoms. The second-order valence-electron chi connectivity index (χ2n) is 2.97. The molecule has 0 heterocycles. The number of methoxy groups -OCH3 is 2. The maximum Gasteiger partial charge on any atom is 0.317 e. The van der Waals surface area contributed by atoms with Crippen LogP contribution in [-0.4, -0.2) is 51.6 Å². The molecular formula is C8H18N2O3. The fraction of sp³-hybridized carbons (Fsp3) is 0.875. The van der Waals surface area contributed by atoms with Crippen molar-refractivity contribution in [2.45, 2.75) is 19.3 Å². The van der Waals surface area contributed by atoms with Gasteiger partial charge in [-0.2, -0.15) is 0 Å². The van der Waals surface area contributed by atoms with Gasteiger partial charge in [-0.3, -0.25) is 0 Å². The van der Waals surface area contributed by atoms with Crippen LogP contribution in [0.25, 0.3) is 0 Å². The highest BCUT2D eigenvalue weighted by Gasteiger charge is 2.18. The molecule has 5 nitrogen and oxygen atoms in total. The van der Waals surface area contributed by atoms with Gasteiger partial charge in [-0.1, -0.05) is 0 Å². The van der Waals surface area contributed by atoms with Gasteiger partial charge >= 0.3 is 6.03 Å². The van der Waals surface area contributed by atoms with E-state index in [4.69, 9.17) is 9.47 Å². The number of carbonyl (C=O) groups is 1. The Labute approximate surface area is 79.0 Å². The monoisotopic (exact) mass is 190 g/mol. The van der Waals surface area contributed by atoms with Crippen LogP contribution in [0, 0.1) is 0 Å². The molecular weight excluding hydrogens is 172 g/mol. The van der Waals surface area contributed by atoms with Gasteiger partial charge in [0.25, 0.3) is 0 Å². The summed E-state index contributed by atoms with van der Waals surface area (Å²) in [6, 6.07) is -0.337. The molecule has 0 aliphatic heterocycles. The van der Waals surface area contributed by atoms with E-state index in [1.807, 2.05) is 6.92 Å². The average Bonchev–Trinajstić information content (AvgIpc) is 2.06. The lowest BCUT2D eigenvalue weighted by Crippen LogP contribution is -2.46. The Morgan fingerprint density at radius 1 is 1.31 bits per heavy atom. The van der Waals surface area contributed by atoms with Crippen LogP contribution in [-0.2, 0) is 9.47 Å². The molecule has 0 aromatic rings. The van der Waals surface area contributed by atoms with Gasteiger partial charge in [-0.15, -0.1) is 0 Å². The predicted octanol–water partition coefficient (Wildman–Crippen LogP) is 0.265. The van der Waals surface area contributed by atoms with Crippen LogP contribution in [0.2, 0.25) is 0 Å². The summed E-state index contributed by atoms with van der Waals surface area (Å²) < 4.78 is 9.97. The van der Waals surface area contributed by atoms with Gasteiger partial charge in [-0.05, 0) is 6.92 Å². The summed E-state index contributed by atoms with van der Waals surface area (Å²) in [5, 5.41) is 2.72. The summed E-state index contributed by atoms with van der Waals surface area (Å²) in [4.78, 5) is 12.7. The quantitative estimate of drug-likeness (QED) is 0.647. The Hall–Kier alpha value is -0.810. The Morgan fingerprint density at radius 3 is 2.08 bits per heavy atom.